The standard InChI is InChI=1S/C14H19NO5S/c1-15(9-10-5-2-3-7-12(10)16)21(19,20)13-8-4-6-11(13)14(17)18/h2-3,5,7,11,13,16H,4,6,8-9H2,1H3,(H,17,18). The predicted molar refractivity (Wildman–Crippen MR) is 77.3 cm³/mol. The third kappa shape index (κ3) is 3.19. The zero-order valence-corrected chi connectivity index (χ0v) is 12.6. The van der Waals surface area contributed by atoms with E-state index >= 15 is 0 Å². The number of rotatable bonds is 5. The van der Waals surface area contributed by atoms with Crippen LogP contribution in [0.5, 0.6) is 5.75 Å². The van der Waals surface area contributed by atoms with E-state index in [2.05, 4.69) is 0 Å². The van der Waals surface area contributed by atoms with Gasteiger partial charge in [-0.1, -0.05) is 24.6 Å². The number of benzene rings is 1. The Hall–Kier alpha value is -1.60. The Morgan fingerprint density at radius 1 is 1.33 bits per heavy atom. The fourth-order valence-corrected chi connectivity index (χ4v) is 4.68. The van der Waals surface area contributed by atoms with Crippen molar-refractivity contribution in [3.63, 3.8) is 0 Å². The number of para-hydroxylation sites is 1. The van der Waals surface area contributed by atoms with Gasteiger partial charge in [-0.15, -0.1) is 0 Å². The lowest BCUT2D eigenvalue weighted by atomic mass is 10.1. The van der Waals surface area contributed by atoms with E-state index in [9.17, 15) is 18.3 Å². The number of carbonyl (C=O) groups is 1. The minimum Gasteiger partial charge on any atom is -0.508 e. The van der Waals surface area contributed by atoms with E-state index in [-0.39, 0.29) is 12.3 Å². The molecule has 0 spiro atoms. The number of aromatic hydroxyl groups is 1. The normalized spacial score (nSPS) is 22.6. The van der Waals surface area contributed by atoms with Crippen molar-refractivity contribution >= 4 is 16.0 Å². The minimum absolute atomic E-state index is 0.0256. The summed E-state index contributed by atoms with van der Waals surface area (Å²) in [5, 5.41) is 18.0. The van der Waals surface area contributed by atoms with Gasteiger partial charge in [-0.05, 0) is 18.9 Å². The number of phenolic OH excluding ortho intramolecular Hbond substituents is 1. The van der Waals surface area contributed by atoms with Gasteiger partial charge in [0, 0.05) is 19.2 Å². The summed E-state index contributed by atoms with van der Waals surface area (Å²) in [5.74, 6) is -1.88. The fraction of sp³-hybridized carbons (Fsp3) is 0.500. The molecule has 1 aromatic carbocycles. The van der Waals surface area contributed by atoms with E-state index in [1.165, 1.54) is 13.1 Å². The maximum atomic E-state index is 12.5. The molecule has 0 heterocycles. The number of nitrogens with zero attached hydrogens (tertiary/aromatic N) is 1. The number of carboxylic acid groups (broad SMARTS) is 1. The fourth-order valence-electron chi connectivity index (χ4n) is 2.77. The number of hydrogen-bond acceptors (Lipinski definition) is 4. The largest absolute Gasteiger partial charge is 0.508 e. The van der Waals surface area contributed by atoms with Gasteiger partial charge in [0.15, 0.2) is 0 Å². The Morgan fingerprint density at radius 2 is 2.00 bits per heavy atom. The highest BCUT2D eigenvalue weighted by Gasteiger charge is 2.43. The Balaban J connectivity index is 2.19. The Kier molecular flexibility index (Phi) is 4.53. The molecule has 7 heteroatoms. The van der Waals surface area contributed by atoms with E-state index in [1.807, 2.05) is 0 Å². The lowest BCUT2D eigenvalue weighted by Gasteiger charge is -2.24. The van der Waals surface area contributed by atoms with Crippen LogP contribution in [0.4, 0.5) is 0 Å². The first-order valence-corrected chi connectivity index (χ1v) is 8.29. The molecule has 116 valence electrons. The smallest absolute Gasteiger partial charge is 0.307 e. The van der Waals surface area contributed by atoms with Crippen LogP contribution in [-0.2, 0) is 21.4 Å². The third-order valence-corrected chi connectivity index (χ3v) is 6.30. The molecule has 2 atom stereocenters. The molecule has 2 N–H and O–H groups in total. The van der Waals surface area contributed by atoms with Crippen molar-refractivity contribution in [2.75, 3.05) is 7.05 Å². The average molecular weight is 313 g/mol. The van der Waals surface area contributed by atoms with Gasteiger partial charge in [-0.25, -0.2) is 12.7 Å². The van der Waals surface area contributed by atoms with E-state index in [0.717, 1.165) is 4.31 Å². The molecule has 1 fully saturated rings. The molecule has 1 saturated carbocycles. The third-order valence-electron chi connectivity index (χ3n) is 3.97. The lowest BCUT2D eigenvalue weighted by Crippen LogP contribution is -2.40. The maximum Gasteiger partial charge on any atom is 0.307 e. The molecule has 0 aliphatic heterocycles. The van der Waals surface area contributed by atoms with Gasteiger partial charge in [0.25, 0.3) is 0 Å². The highest BCUT2D eigenvalue weighted by atomic mass is 32.2. The van der Waals surface area contributed by atoms with E-state index < -0.39 is 27.2 Å². The summed E-state index contributed by atoms with van der Waals surface area (Å²) < 4.78 is 26.2. The summed E-state index contributed by atoms with van der Waals surface area (Å²) in [6, 6.07) is 6.51. The first-order chi connectivity index (χ1) is 9.84. The molecular weight excluding hydrogens is 294 g/mol. The summed E-state index contributed by atoms with van der Waals surface area (Å²) in [7, 11) is -2.29. The molecule has 0 radical (unpaired) electrons. The van der Waals surface area contributed by atoms with Gasteiger partial charge in [-0.2, -0.15) is 0 Å². The quantitative estimate of drug-likeness (QED) is 0.857. The Labute approximate surface area is 124 Å². The molecule has 0 bridgehead atoms. The molecule has 2 unspecified atom stereocenters. The van der Waals surface area contributed by atoms with E-state index in [1.54, 1.807) is 18.2 Å². The molecule has 0 aromatic heterocycles. The number of carboxylic acids is 1. The van der Waals surface area contributed by atoms with Crippen molar-refractivity contribution in [3.8, 4) is 5.75 Å². The number of sulfonamides is 1. The number of phenols is 1. The van der Waals surface area contributed by atoms with E-state index in [0.29, 0.717) is 24.8 Å². The lowest BCUT2D eigenvalue weighted by molar-refractivity contribution is -0.141. The topological polar surface area (TPSA) is 94.9 Å². The monoisotopic (exact) mass is 313 g/mol. The molecule has 1 aliphatic carbocycles. The first-order valence-electron chi connectivity index (χ1n) is 6.79. The van der Waals surface area contributed by atoms with Crippen LogP contribution in [0, 0.1) is 5.92 Å². The molecule has 21 heavy (non-hydrogen) atoms. The molecule has 6 nitrogen and oxygen atoms in total. The first kappa shape index (κ1) is 15.8. The summed E-state index contributed by atoms with van der Waals surface area (Å²) >= 11 is 0. The second-order valence-electron chi connectivity index (χ2n) is 5.34. The highest BCUT2D eigenvalue weighted by Crippen LogP contribution is 2.33. The van der Waals surface area contributed by atoms with Crippen molar-refractivity contribution in [3.05, 3.63) is 29.8 Å². The van der Waals surface area contributed by atoms with Crippen LogP contribution in [-0.4, -0.2) is 41.2 Å². The van der Waals surface area contributed by atoms with Crippen LogP contribution in [0.2, 0.25) is 0 Å². The van der Waals surface area contributed by atoms with E-state index in [4.69, 9.17) is 5.11 Å². The second kappa shape index (κ2) is 6.03. The Morgan fingerprint density at radius 3 is 2.62 bits per heavy atom. The zero-order chi connectivity index (χ0) is 15.6. The number of aliphatic carboxylic acids is 1. The zero-order valence-electron chi connectivity index (χ0n) is 11.8. The molecule has 0 saturated heterocycles. The summed E-state index contributed by atoms with van der Waals surface area (Å²) in [6.45, 7) is 0.0256. The molecule has 1 aliphatic rings. The summed E-state index contributed by atoms with van der Waals surface area (Å²) in [5.41, 5.74) is 0.494. The van der Waals surface area contributed by atoms with Gasteiger partial charge in [0.1, 0.15) is 5.75 Å². The van der Waals surface area contributed by atoms with Gasteiger partial charge in [0.2, 0.25) is 10.0 Å². The van der Waals surface area contributed by atoms with Crippen molar-refractivity contribution in [2.45, 2.75) is 31.1 Å². The molecule has 1 aromatic rings. The molecular formula is C14H19NO5S. The van der Waals surface area contributed by atoms with Crippen LogP contribution in [0.3, 0.4) is 0 Å². The SMILES string of the molecule is CN(Cc1ccccc1O)S(=O)(=O)C1CCCC1C(=O)O. The van der Waals surface area contributed by atoms with Gasteiger partial charge in [-0.3, -0.25) is 4.79 Å². The van der Waals surface area contributed by atoms with Crippen molar-refractivity contribution in [2.24, 2.45) is 5.92 Å². The predicted octanol–water partition coefficient (Wildman–Crippen LogP) is 1.41. The van der Waals surface area contributed by atoms with Crippen LogP contribution < -0.4 is 0 Å². The average Bonchev–Trinajstić information content (AvgIpc) is 2.91. The van der Waals surface area contributed by atoms with Crippen LogP contribution in [0.1, 0.15) is 24.8 Å². The maximum absolute atomic E-state index is 12.5. The minimum atomic E-state index is -3.71. The van der Waals surface area contributed by atoms with Crippen LogP contribution in [0.25, 0.3) is 0 Å². The van der Waals surface area contributed by atoms with Crippen molar-refractivity contribution in [1.82, 2.24) is 4.31 Å². The van der Waals surface area contributed by atoms with Crippen molar-refractivity contribution in [1.29, 1.82) is 0 Å². The molecule has 2 rings (SSSR count). The number of hydrogen-bond donors (Lipinski definition) is 2. The van der Waals surface area contributed by atoms with Crippen LogP contribution in [0.15, 0.2) is 24.3 Å². The van der Waals surface area contributed by atoms with Gasteiger partial charge >= 0.3 is 5.97 Å². The Bertz CT molecular complexity index is 628. The van der Waals surface area contributed by atoms with Crippen molar-refractivity contribution < 1.29 is 23.4 Å². The van der Waals surface area contributed by atoms with Gasteiger partial charge < -0.3 is 10.2 Å². The van der Waals surface area contributed by atoms with Gasteiger partial charge in [0.05, 0.1) is 11.2 Å². The summed E-state index contributed by atoms with van der Waals surface area (Å²) in [6.07, 6.45) is 1.36. The molecule has 0 amide bonds. The highest BCUT2D eigenvalue weighted by molar-refractivity contribution is 7.89. The summed E-state index contributed by atoms with van der Waals surface area (Å²) in [4.78, 5) is 11.2. The van der Waals surface area contributed by atoms with Crippen LogP contribution >= 0.6 is 0 Å². The second-order valence-corrected chi connectivity index (χ2v) is 7.60.